The molecule has 0 N–H and O–H groups in total. The minimum atomic E-state index is -2.09. The maximum Gasteiger partial charge on any atom is 0.159 e. The summed E-state index contributed by atoms with van der Waals surface area (Å²) in [5, 5.41) is 2.63. The molecule has 0 unspecified atom stereocenters. The van der Waals surface area contributed by atoms with Gasteiger partial charge in [0.15, 0.2) is 5.82 Å². The topological polar surface area (TPSA) is 25.8 Å². The molecule has 0 saturated carbocycles. The molecule has 45 heavy (non-hydrogen) atoms. The summed E-state index contributed by atoms with van der Waals surface area (Å²) >= 11 is 0. The second-order valence-electron chi connectivity index (χ2n) is 12.3. The Hall–Kier alpha value is -5.38. The molecule has 3 heteroatoms. The van der Waals surface area contributed by atoms with E-state index in [0.717, 1.165) is 33.8 Å². The van der Waals surface area contributed by atoms with Crippen LogP contribution in [-0.4, -0.2) is 18.0 Å². The molecule has 0 bridgehead atoms. The number of benzene rings is 6. The first kappa shape index (κ1) is 27.2. The Morgan fingerprint density at radius 3 is 1.49 bits per heavy atom. The largest absolute Gasteiger partial charge is 0.237 e. The standard InChI is InChI=1S/C42H32N2Si/c1-45(2)38-24-13-12-23-37(38)39-40(33-22-14-21-32(25-33)29-15-6-3-7-16-29)43-41(44-42(39)45)36-27-34(30-17-8-4-9-18-30)26-35(28-36)31-19-10-5-11-20-31/h3-28H,1-2H3. The van der Waals surface area contributed by atoms with Gasteiger partial charge in [-0.3, -0.25) is 0 Å². The van der Waals surface area contributed by atoms with E-state index < -0.39 is 8.07 Å². The van der Waals surface area contributed by atoms with E-state index >= 15 is 0 Å². The Bertz CT molecular complexity index is 2110. The van der Waals surface area contributed by atoms with Crippen molar-refractivity contribution in [3.63, 3.8) is 0 Å². The lowest BCUT2D eigenvalue weighted by Crippen LogP contribution is -2.50. The van der Waals surface area contributed by atoms with Gasteiger partial charge in [0.2, 0.25) is 0 Å². The van der Waals surface area contributed by atoms with E-state index in [1.807, 2.05) is 0 Å². The highest BCUT2D eigenvalue weighted by Gasteiger charge is 2.41. The van der Waals surface area contributed by atoms with E-state index in [9.17, 15) is 0 Å². The van der Waals surface area contributed by atoms with Crippen molar-refractivity contribution in [3.8, 4) is 67.2 Å². The van der Waals surface area contributed by atoms with E-state index in [0.29, 0.717) is 0 Å². The number of nitrogens with zero attached hydrogens (tertiary/aromatic N) is 2. The Labute approximate surface area is 265 Å². The van der Waals surface area contributed by atoms with Crippen molar-refractivity contribution >= 4 is 18.6 Å². The van der Waals surface area contributed by atoms with Crippen LogP contribution in [0.15, 0.2) is 158 Å². The molecular formula is C42H32N2Si. The summed E-state index contributed by atoms with van der Waals surface area (Å²) in [6, 6.07) is 56.3. The van der Waals surface area contributed by atoms with Crippen LogP contribution in [0.5, 0.6) is 0 Å². The molecule has 1 aromatic heterocycles. The van der Waals surface area contributed by atoms with E-state index in [2.05, 4.69) is 171 Å². The molecule has 0 amide bonds. The first-order chi connectivity index (χ1) is 22.1. The molecule has 6 aromatic carbocycles. The van der Waals surface area contributed by atoms with E-state index in [-0.39, 0.29) is 0 Å². The normalized spacial score (nSPS) is 12.8. The summed E-state index contributed by atoms with van der Waals surface area (Å²) in [6.45, 7) is 4.85. The van der Waals surface area contributed by atoms with Crippen LogP contribution in [0.3, 0.4) is 0 Å². The van der Waals surface area contributed by atoms with Crippen LogP contribution >= 0.6 is 0 Å². The van der Waals surface area contributed by atoms with Crippen molar-refractivity contribution in [1.82, 2.24) is 9.97 Å². The first-order valence-corrected chi connectivity index (χ1v) is 18.5. The second-order valence-corrected chi connectivity index (χ2v) is 16.5. The predicted octanol–water partition coefficient (Wildman–Crippen LogP) is 9.61. The van der Waals surface area contributed by atoms with Crippen LogP contribution in [0.25, 0.3) is 67.2 Å². The number of rotatable bonds is 5. The van der Waals surface area contributed by atoms with Gasteiger partial charge in [-0.1, -0.05) is 147 Å². The van der Waals surface area contributed by atoms with Gasteiger partial charge in [-0.25, -0.2) is 9.97 Å². The van der Waals surface area contributed by atoms with Crippen LogP contribution in [-0.2, 0) is 0 Å². The fraction of sp³-hybridized carbons (Fsp3) is 0.0476. The molecule has 214 valence electrons. The van der Waals surface area contributed by atoms with E-state index in [1.54, 1.807) is 0 Å². The molecule has 1 aliphatic rings. The van der Waals surface area contributed by atoms with E-state index in [1.165, 1.54) is 43.9 Å². The van der Waals surface area contributed by atoms with Crippen LogP contribution in [0.2, 0.25) is 13.1 Å². The molecule has 0 fully saturated rings. The van der Waals surface area contributed by atoms with Crippen molar-refractivity contribution in [2.45, 2.75) is 13.1 Å². The molecule has 0 aliphatic carbocycles. The third-order valence-corrected chi connectivity index (χ3v) is 12.3. The van der Waals surface area contributed by atoms with Gasteiger partial charge in [0.1, 0.15) is 8.07 Å². The molecule has 2 nitrogen and oxygen atoms in total. The fourth-order valence-electron chi connectivity index (χ4n) is 6.71. The average molecular weight is 593 g/mol. The van der Waals surface area contributed by atoms with Crippen molar-refractivity contribution in [3.05, 3.63) is 158 Å². The summed E-state index contributed by atoms with van der Waals surface area (Å²) in [4.78, 5) is 10.9. The van der Waals surface area contributed by atoms with Crippen molar-refractivity contribution in [1.29, 1.82) is 0 Å². The highest BCUT2D eigenvalue weighted by Crippen LogP contribution is 2.39. The summed E-state index contributed by atoms with van der Waals surface area (Å²) in [6.07, 6.45) is 0. The first-order valence-electron chi connectivity index (χ1n) is 15.5. The maximum atomic E-state index is 5.48. The zero-order valence-electron chi connectivity index (χ0n) is 25.4. The van der Waals surface area contributed by atoms with Crippen LogP contribution in [0.4, 0.5) is 0 Å². The average Bonchev–Trinajstić information content (AvgIpc) is 3.35. The Morgan fingerprint density at radius 2 is 0.867 bits per heavy atom. The molecule has 0 atom stereocenters. The molecule has 0 saturated heterocycles. The quantitative estimate of drug-likeness (QED) is 0.186. The zero-order chi connectivity index (χ0) is 30.4. The molecule has 0 radical (unpaired) electrons. The van der Waals surface area contributed by atoms with Crippen LogP contribution < -0.4 is 10.5 Å². The Morgan fingerprint density at radius 1 is 0.400 bits per heavy atom. The summed E-state index contributed by atoms with van der Waals surface area (Å²) in [5.41, 5.74) is 12.7. The third kappa shape index (κ3) is 4.82. The van der Waals surface area contributed by atoms with Gasteiger partial charge in [-0.05, 0) is 68.4 Å². The maximum absolute atomic E-state index is 5.48. The monoisotopic (exact) mass is 592 g/mol. The zero-order valence-corrected chi connectivity index (χ0v) is 26.4. The van der Waals surface area contributed by atoms with Crippen molar-refractivity contribution in [2.75, 3.05) is 0 Å². The highest BCUT2D eigenvalue weighted by atomic mass is 28.3. The number of fused-ring (bicyclic) bond motifs is 3. The van der Waals surface area contributed by atoms with Gasteiger partial charge >= 0.3 is 0 Å². The molecule has 7 aromatic rings. The van der Waals surface area contributed by atoms with Crippen LogP contribution in [0, 0.1) is 0 Å². The van der Waals surface area contributed by atoms with Gasteiger partial charge in [0.25, 0.3) is 0 Å². The van der Waals surface area contributed by atoms with Gasteiger partial charge in [-0.2, -0.15) is 0 Å². The fourth-order valence-corrected chi connectivity index (χ4v) is 9.62. The molecular weight excluding hydrogens is 561 g/mol. The van der Waals surface area contributed by atoms with Gasteiger partial charge in [0, 0.05) is 22.0 Å². The molecule has 2 heterocycles. The Balaban J connectivity index is 1.39. The van der Waals surface area contributed by atoms with E-state index in [4.69, 9.17) is 9.97 Å². The van der Waals surface area contributed by atoms with Gasteiger partial charge in [-0.15, -0.1) is 0 Å². The molecule has 1 aliphatic heterocycles. The minimum Gasteiger partial charge on any atom is -0.237 e. The predicted molar refractivity (Wildman–Crippen MR) is 191 cm³/mol. The highest BCUT2D eigenvalue weighted by molar-refractivity contribution is 7.03. The second kappa shape index (κ2) is 11.0. The van der Waals surface area contributed by atoms with Crippen LogP contribution in [0.1, 0.15) is 0 Å². The SMILES string of the molecule is C[Si]1(C)c2ccccc2-c2c(-c3cccc(-c4ccccc4)c3)nc(-c3cc(-c4ccccc4)cc(-c4ccccc4)c3)nc21. The minimum absolute atomic E-state index is 0.775. The third-order valence-electron chi connectivity index (χ3n) is 9.02. The van der Waals surface area contributed by atoms with Crippen molar-refractivity contribution in [2.24, 2.45) is 0 Å². The number of aromatic nitrogens is 2. The lowest BCUT2D eigenvalue weighted by Gasteiger charge is -2.19. The van der Waals surface area contributed by atoms with Gasteiger partial charge < -0.3 is 0 Å². The molecule has 8 rings (SSSR count). The summed E-state index contributed by atoms with van der Waals surface area (Å²) in [7, 11) is -2.09. The summed E-state index contributed by atoms with van der Waals surface area (Å²) < 4.78 is 0. The van der Waals surface area contributed by atoms with Crippen molar-refractivity contribution < 1.29 is 0 Å². The Kier molecular flexibility index (Phi) is 6.62. The number of hydrogen-bond acceptors (Lipinski definition) is 2. The molecule has 0 spiro atoms. The smallest absolute Gasteiger partial charge is 0.159 e. The number of hydrogen-bond donors (Lipinski definition) is 0. The van der Waals surface area contributed by atoms with Gasteiger partial charge in [0.05, 0.1) is 5.69 Å². The lowest BCUT2D eigenvalue weighted by atomic mass is 9.95. The lowest BCUT2D eigenvalue weighted by molar-refractivity contribution is 1.21. The summed E-state index contributed by atoms with van der Waals surface area (Å²) in [5.74, 6) is 0.775.